The molecule has 3 heteroatoms. The van der Waals surface area contributed by atoms with Gasteiger partial charge in [0.1, 0.15) is 0 Å². The third kappa shape index (κ3) is 4.67. The summed E-state index contributed by atoms with van der Waals surface area (Å²) < 4.78 is 0. The number of hydrogen-bond donors (Lipinski definition) is 1. The summed E-state index contributed by atoms with van der Waals surface area (Å²) in [4.78, 5) is 6.87. The molecule has 0 aliphatic rings. The normalized spacial score (nSPS) is 12.2. The summed E-state index contributed by atoms with van der Waals surface area (Å²) in [5.74, 6) is 0. The molecule has 1 heterocycles. The van der Waals surface area contributed by atoms with Gasteiger partial charge in [-0.2, -0.15) is 0 Å². The smallest absolute Gasteiger partial charge is 0.0574 e. The van der Waals surface area contributed by atoms with E-state index in [-0.39, 0.29) is 0 Å². The number of pyridine rings is 1. The molecule has 0 bridgehead atoms. The number of rotatable bonds is 9. The first kappa shape index (κ1) is 15.7. The van der Waals surface area contributed by atoms with Crippen molar-refractivity contribution in [1.82, 2.24) is 10.3 Å². The number of likely N-dealkylation sites (N-methyl/N-ethyl adjacent to an activating group) is 1. The highest BCUT2D eigenvalue weighted by Gasteiger charge is 2.10. The first-order valence-corrected chi connectivity index (χ1v) is 7.31. The van der Waals surface area contributed by atoms with Crippen LogP contribution in [-0.4, -0.2) is 24.6 Å². The standard InChI is InChI=1S/C16H27N3/c1-5-11-17-15(7-3)16-10-9-14(13-18-16)19(8-4)12-6-2/h6,9-10,13,15,17H,2,5,7-8,11-12H2,1,3-4H3. The van der Waals surface area contributed by atoms with Gasteiger partial charge in [-0.3, -0.25) is 4.98 Å². The maximum absolute atomic E-state index is 4.62. The summed E-state index contributed by atoms with van der Waals surface area (Å²) in [5.41, 5.74) is 2.30. The van der Waals surface area contributed by atoms with Gasteiger partial charge in [-0.05, 0) is 38.4 Å². The molecular weight excluding hydrogens is 234 g/mol. The van der Waals surface area contributed by atoms with Crippen molar-refractivity contribution < 1.29 is 0 Å². The number of anilines is 1. The number of aromatic nitrogens is 1. The fourth-order valence-electron chi connectivity index (χ4n) is 2.14. The van der Waals surface area contributed by atoms with Crippen molar-refractivity contribution in [3.63, 3.8) is 0 Å². The molecule has 0 spiro atoms. The Morgan fingerprint density at radius 1 is 1.37 bits per heavy atom. The Balaban J connectivity index is 2.75. The van der Waals surface area contributed by atoms with Gasteiger partial charge in [0.25, 0.3) is 0 Å². The van der Waals surface area contributed by atoms with Crippen LogP contribution >= 0.6 is 0 Å². The summed E-state index contributed by atoms with van der Waals surface area (Å²) in [6, 6.07) is 4.66. The van der Waals surface area contributed by atoms with Gasteiger partial charge in [-0.25, -0.2) is 0 Å². The molecule has 0 amide bonds. The minimum atomic E-state index is 0.364. The summed E-state index contributed by atoms with van der Waals surface area (Å²) >= 11 is 0. The molecule has 0 aliphatic heterocycles. The predicted molar refractivity (Wildman–Crippen MR) is 83.6 cm³/mol. The maximum Gasteiger partial charge on any atom is 0.0574 e. The average Bonchev–Trinajstić information content (AvgIpc) is 2.46. The molecule has 19 heavy (non-hydrogen) atoms. The molecule has 0 aliphatic carbocycles. The molecule has 0 saturated carbocycles. The van der Waals surface area contributed by atoms with E-state index in [2.05, 4.69) is 54.7 Å². The van der Waals surface area contributed by atoms with Crippen molar-refractivity contribution in [2.75, 3.05) is 24.5 Å². The minimum absolute atomic E-state index is 0.364. The Morgan fingerprint density at radius 2 is 2.16 bits per heavy atom. The second-order valence-electron chi connectivity index (χ2n) is 4.68. The van der Waals surface area contributed by atoms with Gasteiger partial charge >= 0.3 is 0 Å². The van der Waals surface area contributed by atoms with Crippen molar-refractivity contribution in [3.05, 3.63) is 36.7 Å². The first-order chi connectivity index (χ1) is 9.26. The van der Waals surface area contributed by atoms with Crippen LogP contribution in [0.5, 0.6) is 0 Å². The lowest BCUT2D eigenvalue weighted by atomic mass is 10.1. The molecule has 0 fully saturated rings. The van der Waals surface area contributed by atoms with E-state index in [0.29, 0.717) is 6.04 Å². The van der Waals surface area contributed by atoms with Gasteiger partial charge in [0.2, 0.25) is 0 Å². The van der Waals surface area contributed by atoms with Crippen LogP contribution in [0.1, 0.15) is 45.3 Å². The van der Waals surface area contributed by atoms with Crippen LogP contribution in [0.25, 0.3) is 0 Å². The molecule has 1 aromatic rings. The zero-order valence-electron chi connectivity index (χ0n) is 12.5. The molecule has 1 atom stereocenters. The second-order valence-corrected chi connectivity index (χ2v) is 4.68. The van der Waals surface area contributed by atoms with E-state index in [4.69, 9.17) is 0 Å². The SMILES string of the molecule is C=CCN(CC)c1ccc(C(CC)NCCC)nc1. The summed E-state index contributed by atoms with van der Waals surface area (Å²) in [6.07, 6.45) is 6.11. The van der Waals surface area contributed by atoms with Crippen LogP contribution in [0, 0.1) is 0 Å². The topological polar surface area (TPSA) is 28.2 Å². The molecule has 1 rings (SSSR count). The lowest BCUT2D eigenvalue weighted by Gasteiger charge is -2.22. The second kappa shape index (κ2) is 8.70. The highest BCUT2D eigenvalue weighted by atomic mass is 15.1. The highest BCUT2D eigenvalue weighted by Crippen LogP contribution is 2.18. The lowest BCUT2D eigenvalue weighted by molar-refractivity contribution is 0.507. The largest absolute Gasteiger partial charge is 0.367 e. The fourth-order valence-corrected chi connectivity index (χ4v) is 2.14. The van der Waals surface area contributed by atoms with E-state index in [1.807, 2.05) is 12.3 Å². The van der Waals surface area contributed by atoms with Gasteiger partial charge in [0, 0.05) is 19.1 Å². The van der Waals surface area contributed by atoms with Gasteiger partial charge in [0.15, 0.2) is 0 Å². The summed E-state index contributed by atoms with van der Waals surface area (Å²) in [7, 11) is 0. The van der Waals surface area contributed by atoms with Gasteiger partial charge < -0.3 is 10.2 Å². The average molecular weight is 261 g/mol. The van der Waals surface area contributed by atoms with E-state index >= 15 is 0 Å². The monoisotopic (exact) mass is 261 g/mol. The van der Waals surface area contributed by atoms with Crippen molar-refractivity contribution in [2.24, 2.45) is 0 Å². The third-order valence-corrected chi connectivity index (χ3v) is 3.27. The molecule has 3 nitrogen and oxygen atoms in total. The van der Waals surface area contributed by atoms with E-state index in [9.17, 15) is 0 Å². The number of hydrogen-bond acceptors (Lipinski definition) is 3. The van der Waals surface area contributed by atoms with Crippen molar-refractivity contribution in [3.8, 4) is 0 Å². The Morgan fingerprint density at radius 3 is 2.63 bits per heavy atom. The van der Waals surface area contributed by atoms with Crippen LogP contribution < -0.4 is 10.2 Å². The van der Waals surface area contributed by atoms with E-state index in [1.165, 1.54) is 0 Å². The fraction of sp³-hybridized carbons (Fsp3) is 0.562. The molecule has 1 aromatic heterocycles. The van der Waals surface area contributed by atoms with E-state index in [1.54, 1.807) is 0 Å². The van der Waals surface area contributed by atoms with Crippen LogP contribution in [0.2, 0.25) is 0 Å². The van der Waals surface area contributed by atoms with Crippen LogP contribution in [-0.2, 0) is 0 Å². The van der Waals surface area contributed by atoms with Gasteiger partial charge in [-0.1, -0.05) is 19.9 Å². The van der Waals surface area contributed by atoms with Crippen molar-refractivity contribution in [2.45, 2.75) is 39.7 Å². The molecule has 0 radical (unpaired) electrons. The zero-order chi connectivity index (χ0) is 14.1. The van der Waals surface area contributed by atoms with Crippen LogP contribution in [0.3, 0.4) is 0 Å². The van der Waals surface area contributed by atoms with Gasteiger partial charge in [0.05, 0.1) is 17.6 Å². The Kier molecular flexibility index (Phi) is 7.19. The lowest BCUT2D eigenvalue weighted by Crippen LogP contribution is -2.24. The maximum atomic E-state index is 4.62. The quantitative estimate of drug-likeness (QED) is 0.689. The third-order valence-electron chi connectivity index (χ3n) is 3.27. The molecule has 1 unspecified atom stereocenters. The van der Waals surface area contributed by atoms with Crippen molar-refractivity contribution in [1.29, 1.82) is 0 Å². The van der Waals surface area contributed by atoms with E-state index in [0.717, 1.165) is 43.9 Å². The van der Waals surface area contributed by atoms with Crippen LogP contribution in [0.4, 0.5) is 5.69 Å². The van der Waals surface area contributed by atoms with Gasteiger partial charge in [-0.15, -0.1) is 6.58 Å². The molecule has 106 valence electrons. The molecule has 0 aromatic carbocycles. The van der Waals surface area contributed by atoms with Crippen LogP contribution in [0.15, 0.2) is 31.0 Å². The molecule has 0 saturated heterocycles. The minimum Gasteiger partial charge on any atom is -0.367 e. The molecular formula is C16H27N3. The van der Waals surface area contributed by atoms with Crippen molar-refractivity contribution >= 4 is 5.69 Å². The number of nitrogens with one attached hydrogen (secondary N) is 1. The number of nitrogens with zero attached hydrogens (tertiary/aromatic N) is 2. The Hall–Kier alpha value is -1.35. The predicted octanol–water partition coefficient (Wildman–Crippen LogP) is 3.54. The van der Waals surface area contributed by atoms with E-state index < -0.39 is 0 Å². The first-order valence-electron chi connectivity index (χ1n) is 7.31. The summed E-state index contributed by atoms with van der Waals surface area (Å²) in [6.45, 7) is 13.2. The molecule has 1 N–H and O–H groups in total. The highest BCUT2D eigenvalue weighted by molar-refractivity contribution is 5.45. The Labute approximate surface area is 117 Å². The summed E-state index contributed by atoms with van der Waals surface area (Å²) in [5, 5.41) is 3.53. The zero-order valence-corrected chi connectivity index (χ0v) is 12.5. The Bertz CT molecular complexity index is 359.